The number of nitrogens with one attached hydrogen (secondary N) is 1. The van der Waals surface area contributed by atoms with E-state index >= 15 is 0 Å². The van der Waals surface area contributed by atoms with Gasteiger partial charge in [-0.3, -0.25) is 0 Å². The van der Waals surface area contributed by atoms with Gasteiger partial charge in [-0.05, 0) is 48.5 Å². The van der Waals surface area contributed by atoms with Crippen molar-refractivity contribution < 1.29 is 4.39 Å². The molecular weight excluding hydrogens is 269 g/mol. The Morgan fingerprint density at radius 1 is 1.10 bits per heavy atom. The first-order valence-corrected chi connectivity index (χ1v) is 7.86. The zero-order valence-corrected chi connectivity index (χ0v) is 12.7. The number of halogens is 1. The van der Waals surface area contributed by atoms with Crippen molar-refractivity contribution in [1.29, 1.82) is 0 Å². The molecule has 0 amide bonds. The fourth-order valence-corrected chi connectivity index (χ4v) is 2.90. The highest BCUT2D eigenvalue weighted by molar-refractivity contribution is 7.99. The van der Waals surface area contributed by atoms with E-state index in [-0.39, 0.29) is 11.9 Å². The molecule has 20 heavy (non-hydrogen) atoms. The van der Waals surface area contributed by atoms with Gasteiger partial charge >= 0.3 is 0 Å². The minimum atomic E-state index is -0.133. The Morgan fingerprint density at radius 2 is 1.80 bits per heavy atom. The third kappa shape index (κ3) is 3.84. The van der Waals surface area contributed by atoms with Crippen LogP contribution in [-0.2, 0) is 6.42 Å². The molecule has 106 valence electrons. The molecule has 2 rings (SSSR count). The van der Waals surface area contributed by atoms with E-state index in [1.54, 1.807) is 6.07 Å². The Hall–Kier alpha value is -1.32. The molecule has 3 heteroatoms. The lowest BCUT2D eigenvalue weighted by molar-refractivity contribution is 0.554. The summed E-state index contributed by atoms with van der Waals surface area (Å²) in [6.07, 6.45) is 0.656. The molecule has 0 fully saturated rings. The minimum absolute atomic E-state index is 0.132. The standard InChI is InChI=1S/C17H20FNS/c1-3-20-15-10-8-13(9-11-15)17(19-2)12-14-6-4-5-7-16(14)18/h4-11,17,19H,3,12H2,1-2H3. The summed E-state index contributed by atoms with van der Waals surface area (Å²) in [6, 6.07) is 15.6. The first-order valence-electron chi connectivity index (χ1n) is 6.88. The number of hydrogen-bond donors (Lipinski definition) is 1. The highest BCUT2D eigenvalue weighted by Crippen LogP contribution is 2.23. The van der Waals surface area contributed by atoms with Gasteiger partial charge in [-0.15, -0.1) is 11.8 Å². The molecule has 0 radical (unpaired) electrons. The molecule has 0 aliphatic rings. The Kier molecular flexibility index (Phi) is 5.62. The molecular formula is C17H20FNS. The lowest BCUT2D eigenvalue weighted by atomic mass is 9.99. The first kappa shape index (κ1) is 15.1. The van der Waals surface area contributed by atoms with E-state index in [2.05, 4.69) is 36.5 Å². The summed E-state index contributed by atoms with van der Waals surface area (Å²) in [5.74, 6) is 0.940. The van der Waals surface area contributed by atoms with E-state index in [0.717, 1.165) is 11.3 Å². The Labute approximate surface area is 124 Å². The van der Waals surface area contributed by atoms with Gasteiger partial charge in [0, 0.05) is 10.9 Å². The normalized spacial score (nSPS) is 12.3. The molecule has 0 aliphatic heterocycles. The van der Waals surface area contributed by atoms with Crippen molar-refractivity contribution in [2.45, 2.75) is 24.3 Å². The van der Waals surface area contributed by atoms with Crippen LogP contribution in [0.3, 0.4) is 0 Å². The zero-order valence-electron chi connectivity index (χ0n) is 11.9. The smallest absolute Gasteiger partial charge is 0.126 e. The summed E-state index contributed by atoms with van der Waals surface area (Å²) < 4.78 is 13.7. The summed E-state index contributed by atoms with van der Waals surface area (Å²) in [6.45, 7) is 2.15. The number of rotatable bonds is 6. The van der Waals surface area contributed by atoms with Crippen LogP contribution < -0.4 is 5.32 Å². The second-order valence-corrected chi connectivity index (χ2v) is 5.98. The minimum Gasteiger partial charge on any atom is -0.313 e. The van der Waals surface area contributed by atoms with Crippen LogP contribution in [0.1, 0.15) is 24.1 Å². The highest BCUT2D eigenvalue weighted by Gasteiger charge is 2.12. The third-order valence-electron chi connectivity index (χ3n) is 3.32. The predicted molar refractivity (Wildman–Crippen MR) is 84.7 cm³/mol. The van der Waals surface area contributed by atoms with Gasteiger partial charge in [0.1, 0.15) is 5.82 Å². The average molecular weight is 289 g/mol. The van der Waals surface area contributed by atoms with Crippen molar-refractivity contribution >= 4 is 11.8 Å². The van der Waals surface area contributed by atoms with E-state index in [1.807, 2.05) is 30.9 Å². The van der Waals surface area contributed by atoms with Crippen LogP contribution in [0.2, 0.25) is 0 Å². The Morgan fingerprint density at radius 3 is 2.40 bits per heavy atom. The maximum Gasteiger partial charge on any atom is 0.126 e. The molecule has 2 aromatic rings. The zero-order chi connectivity index (χ0) is 14.4. The van der Waals surface area contributed by atoms with Gasteiger partial charge < -0.3 is 5.32 Å². The first-order chi connectivity index (χ1) is 9.74. The lowest BCUT2D eigenvalue weighted by Crippen LogP contribution is -2.19. The van der Waals surface area contributed by atoms with Crippen molar-refractivity contribution in [3.8, 4) is 0 Å². The highest BCUT2D eigenvalue weighted by atomic mass is 32.2. The second-order valence-electron chi connectivity index (χ2n) is 4.64. The number of benzene rings is 2. The Balaban J connectivity index is 2.13. The van der Waals surface area contributed by atoms with Crippen molar-refractivity contribution in [2.75, 3.05) is 12.8 Å². The van der Waals surface area contributed by atoms with Crippen LogP contribution >= 0.6 is 11.8 Å². The Bertz CT molecular complexity index is 539. The van der Waals surface area contributed by atoms with Crippen molar-refractivity contribution in [2.24, 2.45) is 0 Å². The van der Waals surface area contributed by atoms with E-state index in [0.29, 0.717) is 6.42 Å². The van der Waals surface area contributed by atoms with E-state index in [9.17, 15) is 4.39 Å². The van der Waals surface area contributed by atoms with E-state index in [1.165, 1.54) is 16.5 Å². The molecule has 0 heterocycles. The maximum absolute atomic E-state index is 13.7. The van der Waals surface area contributed by atoms with Crippen LogP contribution in [-0.4, -0.2) is 12.8 Å². The molecule has 0 aromatic heterocycles. The monoisotopic (exact) mass is 289 g/mol. The van der Waals surface area contributed by atoms with Crippen LogP contribution in [0.15, 0.2) is 53.4 Å². The largest absolute Gasteiger partial charge is 0.313 e. The van der Waals surface area contributed by atoms with E-state index < -0.39 is 0 Å². The molecule has 1 unspecified atom stereocenters. The lowest BCUT2D eigenvalue weighted by Gasteiger charge is -2.17. The summed E-state index contributed by atoms with van der Waals surface area (Å²) in [5.41, 5.74) is 1.94. The van der Waals surface area contributed by atoms with Gasteiger partial charge in [0.2, 0.25) is 0 Å². The van der Waals surface area contributed by atoms with Gasteiger partial charge in [-0.2, -0.15) is 0 Å². The summed E-state index contributed by atoms with van der Waals surface area (Å²) >= 11 is 1.83. The molecule has 0 saturated carbocycles. The predicted octanol–water partition coefficient (Wildman–Crippen LogP) is 4.44. The van der Waals surface area contributed by atoms with Crippen molar-refractivity contribution in [1.82, 2.24) is 5.32 Å². The summed E-state index contributed by atoms with van der Waals surface area (Å²) in [7, 11) is 1.92. The number of hydrogen-bond acceptors (Lipinski definition) is 2. The van der Waals surface area contributed by atoms with Gasteiger partial charge in [-0.25, -0.2) is 4.39 Å². The molecule has 0 spiro atoms. The third-order valence-corrected chi connectivity index (χ3v) is 4.22. The van der Waals surface area contributed by atoms with Crippen LogP contribution in [0.5, 0.6) is 0 Å². The SMILES string of the molecule is CCSc1ccc(C(Cc2ccccc2F)NC)cc1. The van der Waals surface area contributed by atoms with Crippen LogP contribution in [0, 0.1) is 5.82 Å². The topological polar surface area (TPSA) is 12.0 Å². The van der Waals surface area contributed by atoms with Gasteiger partial charge in [-0.1, -0.05) is 37.3 Å². The van der Waals surface area contributed by atoms with Gasteiger partial charge in [0.25, 0.3) is 0 Å². The molecule has 1 N–H and O–H groups in total. The molecule has 1 atom stereocenters. The number of likely N-dealkylation sites (N-methyl/N-ethyl adjacent to an activating group) is 1. The quantitative estimate of drug-likeness (QED) is 0.789. The molecule has 0 bridgehead atoms. The van der Waals surface area contributed by atoms with Crippen molar-refractivity contribution in [3.05, 3.63) is 65.5 Å². The number of thioether (sulfide) groups is 1. The van der Waals surface area contributed by atoms with Crippen LogP contribution in [0.25, 0.3) is 0 Å². The molecule has 2 aromatic carbocycles. The summed E-state index contributed by atoms with van der Waals surface area (Å²) in [5, 5.41) is 3.27. The molecule has 0 saturated heterocycles. The fraction of sp³-hybridized carbons (Fsp3) is 0.294. The van der Waals surface area contributed by atoms with Gasteiger partial charge in [0.15, 0.2) is 0 Å². The molecule has 1 nitrogen and oxygen atoms in total. The van der Waals surface area contributed by atoms with Crippen molar-refractivity contribution in [3.63, 3.8) is 0 Å². The fourth-order valence-electron chi connectivity index (χ4n) is 2.23. The molecule has 0 aliphatic carbocycles. The summed E-state index contributed by atoms with van der Waals surface area (Å²) in [4.78, 5) is 1.27. The van der Waals surface area contributed by atoms with E-state index in [4.69, 9.17) is 0 Å². The van der Waals surface area contributed by atoms with Crippen LogP contribution in [0.4, 0.5) is 4.39 Å². The van der Waals surface area contributed by atoms with Gasteiger partial charge in [0.05, 0.1) is 0 Å². The maximum atomic E-state index is 13.7. The second kappa shape index (κ2) is 7.46. The average Bonchev–Trinajstić information content (AvgIpc) is 2.48.